The highest BCUT2D eigenvalue weighted by Crippen LogP contribution is 2.31. The number of hydrogen-bond donors (Lipinski definition) is 2. The van der Waals surface area contributed by atoms with Gasteiger partial charge >= 0.3 is 0 Å². The lowest BCUT2D eigenvalue weighted by Gasteiger charge is -2.30. The zero-order valence-electron chi connectivity index (χ0n) is 10.5. The van der Waals surface area contributed by atoms with Crippen LogP contribution < -0.4 is 11.1 Å². The number of rotatable bonds is 7. The lowest BCUT2D eigenvalue weighted by molar-refractivity contribution is -0.124. The van der Waals surface area contributed by atoms with Crippen LogP contribution in [0.1, 0.15) is 33.1 Å². The molecule has 18 heavy (non-hydrogen) atoms. The van der Waals surface area contributed by atoms with E-state index in [9.17, 15) is 4.79 Å². The molecule has 2 rings (SSSR count). The maximum absolute atomic E-state index is 11.6. The Morgan fingerprint density at radius 2 is 2.50 bits per heavy atom. The fraction of sp³-hybridized carbons (Fsp3) is 0.727. The van der Waals surface area contributed by atoms with Gasteiger partial charge in [0.25, 0.3) is 0 Å². The van der Waals surface area contributed by atoms with Crippen molar-refractivity contribution in [2.75, 3.05) is 0 Å². The summed E-state index contributed by atoms with van der Waals surface area (Å²) < 4.78 is 4.90. The van der Waals surface area contributed by atoms with Crippen molar-refractivity contribution < 1.29 is 4.79 Å². The van der Waals surface area contributed by atoms with E-state index in [0.29, 0.717) is 12.5 Å². The topological polar surface area (TPSA) is 80.9 Å². The van der Waals surface area contributed by atoms with Crippen molar-refractivity contribution in [2.24, 2.45) is 5.73 Å². The maximum Gasteiger partial charge on any atom is 0.237 e. The second-order valence-corrected chi connectivity index (χ2v) is 7.42. The average Bonchev–Trinajstić information content (AvgIpc) is 2.92. The zero-order valence-corrected chi connectivity index (χ0v) is 12.2. The number of thioether (sulfide) groups is 1. The SMILES string of the molecule is CC(CC(C)(NC1CC1)C(N)=O)Sc1ncns1. The Balaban J connectivity index is 1.92. The number of primary amides is 1. The van der Waals surface area contributed by atoms with Crippen molar-refractivity contribution in [3.8, 4) is 0 Å². The molecule has 0 spiro atoms. The molecule has 100 valence electrons. The maximum atomic E-state index is 11.6. The first kappa shape index (κ1) is 13.8. The third-order valence-electron chi connectivity index (χ3n) is 2.98. The number of carbonyl (C=O) groups excluding carboxylic acids is 1. The van der Waals surface area contributed by atoms with Crippen LogP contribution in [-0.4, -0.2) is 32.1 Å². The fourth-order valence-electron chi connectivity index (χ4n) is 1.91. The lowest BCUT2D eigenvalue weighted by atomic mass is 9.95. The molecule has 1 aliphatic rings. The quantitative estimate of drug-likeness (QED) is 0.741. The van der Waals surface area contributed by atoms with Crippen LogP contribution in [0, 0.1) is 0 Å². The van der Waals surface area contributed by atoms with Gasteiger partial charge in [-0.15, -0.1) is 0 Å². The van der Waals surface area contributed by atoms with Gasteiger partial charge in [0.1, 0.15) is 6.33 Å². The monoisotopic (exact) mass is 286 g/mol. The van der Waals surface area contributed by atoms with Crippen molar-refractivity contribution in [1.82, 2.24) is 14.7 Å². The Hall–Kier alpha value is -0.660. The van der Waals surface area contributed by atoms with Gasteiger partial charge in [-0.05, 0) is 37.7 Å². The van der Waals surface area contributed by atoms with Crippen LogP contribution in [0.3, 0.4) is 0 Å². The first-order valence-corrected chi connectivity index (χ1v) is 7.66. The summed E-state index contributed by atoms with van der Waals surface area (Å²) in [6.07, 6.45) is 4.53. The van der Waals surface area contributed by atoms with Gasteiger partial charge in [0.15, 0.2) is 4.34 Å². The van der Waals surface area contributed by atoms with Crippen LogP contribution in [0.15, 0.2) is 10.7 Å². The molecule has 1 heterocycles. The van der Waals surface area contributed by atoms with Gasteiger partial charge < -0.3 is 11.1 Å². The number of carbonyl (C=O) groups is 1. The van der Waals surface area contributed by atoms with Gasteiger partial charge in [-0.3, -0.25) is 4.79 Å². The number of amides is 1. The largest absolute Gasteiger partial charge is 0.368 e. The highest BCUT2D eigenvalue weighted by atomic mass is 32.2. The van der Waals surface area contributed by atoms with Crippen molar-refractivity contribution in [3.05, 3.63) is 6.33 Å². The summed E-state index contributed by atoms with van der Waals surface area (Å²) in [7, 11) is 0. The van der Waals surface area contributed by atoms with Crippen LogP contribution in [-0.2, 0) is 4.79 Å². The van der Waals surface area contributed by atoms with Gasteiger partial charge in [0.05, 0.1) is 5.54 Å². The van der Waals surface area contributed by atoms with Crippen LogP contribution in [0.2, 0.25) is 0 Å². The Bertz CT molecular complexity index is 407. The summed E-state index contributed by atoms with van der Waals surface area (Å²) >= 11 is 3.02. The molecule has 0 saturated heterocycles. The molecule has 0 bridgehead atoms. The molecule has 1 fully saturated rings. The summed E-state index contributed by atoms with van der Waals surface area (Å²) in [5.74, 6) is -0.279. The van der Waals surface area contributed by atoms with Crippen molar-refractivity contribution in [3.63, 3.8) is 0 Å². The van der Waals surface area contributed by atoms with E-state index in [1.54, 1.807) is 18.1 Å². The molecule has 0 radical (unpaired) electrons. The van der Waals surface area contributed by atoms with E-state index in [1.165, 1.54) is 11.5 Å². The molecule has 2 atom stereocenters. The van der Waals surface area contributed by atoms with Gasteiger partial charge in [-0.2, -0.15) is 4.37 Å². The standard InChI is InChI=1S/C11H18N4OS2/c1-7(17-10-13-6-14-18-10)5-11(2,9(12)16)15-8-3-4-8/h6-8,15H,3-5H2,1-2H3,(H2,12,16). The van der Waals surface area contributed by atoms with Crippen molar-refractivity contribution >= 4 is 29.2 Å². The Kier molecular flexibility index (Phi) is 4.24. The molecule has 2 unspecified atom stereocenters. The smallest absolute Gasteiger partial charge is 0.237 e. The van der Waals surface area contributed by atoms with Crippen LogP contribution in [0.4, 0.5) is 0 Å². The molecule has 0 aromatic carbocycles. The van der Waals surface area contributed by atoms with Crippen molar-refractivity contribution in [2.45, 2.75) is 54.3 Å². The third kappa shape index (κ3) is 3.66. The van der Waals surface area contributed by atoms with E-state index in [2.05, 4.69) is 21.6 Å². The molecule has 3 N–H and O–H groups in total. The molecule has 1 saturated carbocycles. The molecule has 7 heteroatoms. The van der Waals surface area contributed by atoms with Gasteiger partial charge in [0, 0.05) is 11.3 Å². The predicted molar refractivity (Wildman–Crippen MR) is 73.6 cm³/mol. The number of nitrogens with one attached hydrogen (secondary N) is 1. The van der Waals surface area contributed by atoms with E-state index >= 15 is 0 Å². The van der Waals surface area contributed by atoms with E-state index in [-0.39, 0.29) is 11.2 Å². The highest BCUT2D eigenvalue weighted by molar-refractivity contribution is 8.01. The summed E-state index contributed by atoms with van der Waals surface area (Å²) in [6.45, 7) is 3.98. The number of aromatic nitrogens is 2. The van der Waals surface area contributed by atoms with E-state index in [4.69, 9.17) is 5.73 Å². The lowest BCUT2D eigenvalue weighted by Crippen LogP contribution is -2.55. The molecular weight excluding hydrogens is 268 g/mol. The summed E-state index contributed by atoms with van der Waals surface area (Å²) in [5.41, 5.74) is 4.91. The highest BCUT2D eigenvalue weighted by Gasteiger charge is 2.38. The summed E-state index contributed by atoms with van der Waals surface area (Å²) in [6, 6.07) is 0.459. The van der Waals surface area contributed by atoms with Gasteiger partial charge in [-0.1, -0.05) is 18.7 Å². The average molecular weight is 286 g/mol. The first-order chi connectivity index (χ1) is 8.49. The van der Waals surface area contributed by atoms with Crippen LogP contribution in [0.5, 0.6) is 0 Å². The van der Waals surface area contributed by atoms with Gasteiger partial charge in [-0.25, -0.2) is 4.98 Å². The third-order valence-corrected chi connectivity index (χ3v) is 4.83. The van der Waals surface area contributed by atoms with Gasteiger partial charge in [0.2, 0.25) is 5.91 Å². The number of nitrogens with two attached hydrogens (primary N) is 1. The van der Waals surface area contributed by atoms with Crippen molar-refractivity contribution in [1.29, 1.82) is 0 Å². The second-order valence-electron chi connectivity index (χ2n) is 4.95. The fourth-order valence-corrected chi connectivity index (χ4v) is 3.85. The minimum absolute atomic E-state index is 0.265. The Morgan fingerprint density at radius 1 is 1.78 bits per heavy atom. The summed E-state index contributed by atoms with van der Waals surface area (Å²) in [4.78, 5) is 15.8. The first-order valence-electron chi connectivity index (χ1n) is 6.00. The molecule has 1 amide bonds. The van der Waals surface area contributed by atoms with E-state index in [1.807, 2.05) is 6.92 Å². The minimum Gasteiger partial charge on any atom is -0.368 e. The van der Waals surface area contributed by atoms with E-state index in [0.717, 1.165) is 17.2 Å². The molecule has 5 nitrogen and oxygen atoms in total. The van der Waals surface area contributed by atoms with Crippen LogP contribution in [0.25, 0.3) is 0 Å². The minimum atomic E-state index is -0.627. The second kappa shape index (κ2) is 5.54. The Morgan fingerprint density at radius 3 is 3.00 bits per heavy atom. The number of nitrogens with zero attached hydrogens (tertiary/aromatic N) is 2. The number of hydrogen-bond acceptors (Lipinski definition) is 6. The molecule has 1 aromatic heterocycles. The Labute approximate surface area is 115 Å². The molecule has 1 aromatic rings. The molecule has 1 aliphatic carbocycles. The van der Waals surface area contributed by atoms with Crippen LogP contribution >= 0.6 is 23.3 Å². The molecular formula is C11H18N4OS2. The predicted octanol–water partition coefficient (Wildman–Crippen LogP) is 1.40. The summed E-state index contributed by atoms with van der Waals surface area (Å²) in [5, 5.41) is 3.62. The van der Waals surface area contributed by atoms with E-state index < -0.39 is 5.54 Å². The zero-order chi connectivity index (χ0) is 13.2. The molecule has 0 aliphatic heterocycles. The normalized spacial score (nSPS) is 20.3.